The van der Waals surface area contributed by atoms with Gasteiger partial charge < -0.3 is 28.8 Å². The molecule has 0 atom stereocenters. The van der Waals surface area contributed by atoms with Crippen molar-refractivity contribution in [3.8, 4) is 5.75 Å². The molecular formula is C38H60Cl2O11. The number of halogens is 2. The van der Waals surface area contributed by atoms with E-state index in [1.54, 1.807) is 6.92 Å². The molecule has 0 amide bonds. The van der Waals surface area contributed by atoms with E-state index in [-0.39, 0.29) is 64.5 Å². The first-order valence-corrected chi connectivity index (χ1v) is 17.9. The normalized spacial score (nSPS) is 11.1. The highest BCUT2D eigenvalue weighted by molar-refractivity contribution is 6.37. The van der Waals surface area contributed by atoms with Gasteiger partial charge in [-0.05, 0) is 106 Å². The third kappa shape index (κ3) is 20.4. The monoisotopic (exact) mass is 762 g/mol. The lowest BCUT2D eigenvalue weighted by Gasteiger charge is -2.20. The molecule has 0 heterocycles. The first-order valence-electron chi connectivity index (χ1n) is 17.1. The summed E-state index contributed by atoms with van der Waals surface area (Å²) in [6, 6.07) is 2.63. The molecule has 0 aliphatic carbocycles. The van der Waals surface area contributed by atoms with E-state index >= 15 is 0 Å². The van der Waals surface area contributed by atoms with Crippen LogP contribution in [0.5, 0.6) is 5.75 Å². The van der Waals surface area contributed by atoms with Crippen LogP contribution in [0.15, 0.2) is 24.3 Å². The fourth-order valence-corrected chi connectivity index (χ4v) is 3.63. The van der Waals surface area contributed by atoms with E-state index in [9.17, 15) is 29.1 Å². The van der Waals surface area contributed by atoms with Crippen LogP contribution in [0.4, 0.5) is 0 Å². The van der Waals surface area contributed by atoms with Gasteiger partial charge in [-0.1, -0.05) is 50.6 Å². The number of hydrogen-bond acceptors (Lipinski definition) is 11. The van der Waals surface area contributed by atoms with Crippen LogP contribution in [0.25, 0.3) is 0 Å². The van der Waals surface area contributed by atoms with Crippen LogP contribution >= 0.6 is 23.2 Å². The van der Waals surface area contributed by atoms with Gasteiger partial charge >= 0.3 is 29.8 Å². The van der Waals surface area contributed by atoms with E-state index in [0.29, 0.717) is 25.0 Å². The molecular weight excluding hydrogens is 703 g/mol. The Morgan fingerprint density at radius 3 is 1.39 bits per heavy atom. The van der Waals surface area contributed by atoms with Gasteiger partial charge in [0.25, 0.3) is 0 Å². The summed E-state index contributed by atoms with van der Waals surface area (Å²) in [5, 5.41) is 9.48. The second-order valence-electron chi connectivity index (χ2n) is 13.7. The summed E-state index contributed by atoms with van der Waals surface area (Å²) in [4.78, 5) is 57.0. The smallest absolute Gasteiger partial charge is 0.338 e. The number of hydrogen-bond donors (Lipinski definition) is 1. The minimum Gasteiger partial charge on any atom is -0.505 e. The molecule has 0 aliphatic heterocycles. The average Bonchev–Trinajstić information content (AvgIpc) is 3.09. The number of carbonyl (C=O) groups excluding carboxylic acids is 5. The molecule has 11 nitrogen and oxygen atoms in total. The van der Waals surface area contributed by atoms with Crippen LogP contribution in [-0.2, 0) is 42.9 Å². The van der Waals surface area contributed by atoms with Crippen molar-refractivity contribution in [2.75, 3.05) is 33.5 Å². The fraction of sp³-hybridized carbons (Fsp3) is 0.658. The van der Waals surface area contributed by atoms with Crippen LogP contribution in [0.1, 0.15) is 125 Å². The fourth-order valence-electron chi connectivity index (χ4n) is 3.15. The van der Waals surface area contributed by atoms with Gasteiger partial charge in [0.1, 0.15) is 13.2 Å². The zero-order chi connectivity index (χ0) is 40.0. The molecule has 1 N–H and O–H groups in total. The van der Waals surface area contributed by atoms with Crippen molar-refractivity contribution < 1.29 is 52.8 Å². The van der Waals surface area contributed by atoms with Crippen molar-refractivity contribution in [1.29, 1.82) is 0 Å². The van der Waals surface area contributed by atoms with Crippen molar-refractivity contribution in [2.45, 2.75) is 114 Å². The Hall–Kier alpha value is -3.31. The van der Waals surface area contributed by atoms with Crippen molar-refractivity contribution in [1.82, 2.24) is 0 Å². The van der Waals surface area contributed by atoms with E-state index in [2.05, 4.69) is 11.3 Å². The van der Waals surface area contributed by atoms with Gasteiger partial charge in [-0.2, -0.15) is 0 Å². The molecule has 0 spiro atoms. The molecule has 1 aromatic carbocycles. The summed E-state index contributed by atoms with van der Waals surface area (Å²) in [5.74, 6) is -1.84. The van der Waals surface area contributed by atoms with Gasteiger partial charge in [0, 0.05) is 5.57 Å². The molecule has 0 aromatic heterocycles. The van der Waals surface area contributed by atoms with Gasteiger partial charge in [-0.15, -0.1) is 0 Å². The van der Waals surface area contributed by atoms with E-state index in [1.165, 1.54) is 19.2 Å². The first-order chi connectivity index (χ1) is 23.5. The summed E-state index contributed by atoms with van der Waals surface area (Å²) in [6.45, 7) is 22.8. The van der Waals surface area contributed by atoms with Gasteiger partial charge in [-0.25, -0.2) is 9.59 Å². The number of benzene rings is 1. The van der Waals surface area contributed by atoms with Gasteiger partial charge in [0.2, 0.25) is 0 Å². The average molecular weight is 764 g/mol. The van der Waals surface area contributed by atoms with Crippen molar-refractivity contribution >= 4 is 53.0 Å². The summed E-state index contributed by atoms with van der Waals surface area (Å²) in [7, 11) is 1.42. The number of ether oxygens (including phenoxy) is 5. The Morgan fingerprint density at radius 2 is 1.02 bits per heavy atom. The predicted molar refractivity (Wildman–Crippen MR) is 199 cm³/mol. The minimum atomic E-state index is -0.537. The molecule has 0 bridgehead atoms. The maximum Gasteiger partial charge on any atom is 0.338 e. The standard InChI is InChI=1S/C19H26Cl2O5.C12H20O4.C7H14O2/c1-4-19(2,3)18(24)26-10-8-6-5-7-9-25-17(23)13-11-14(20)16(22)15(21)12-13;1-6-12(4,5)11(14)16-8-7-15-10(13)9(2)3;1-5-7(2,3)6(8)9-4/h11-12,22H,4-10H2,1-3H3;2,6-8H2,1,3-5H3;5H2,1-4H3. The van der Waals surface area contributed by atoms with Crippen LogP contribution in [0.2, 0.25) is 10.0 Å². The number of phenolic OH excluding ortho intramolecular Hbond substituents is 1. The third-order valence-electron chi connectivity index (χ3n) is 8.15. The Balaban J connectivity index is 0. The largest absolute Gasteiger partial charge is 0.505 e. The number of rotatable bonds is 18. The van der Waals surface area contributed by atoms with Crippen LogP contribution in [0.3, 0.4) is 0 Å². The lowest BCUT2D eigenvalue weighted by atomic mass is 9.91. The molecule has 0 saturated heterocycles. The Bertz CT molecular complexity index is 1260. The predicted octanol–water partition coefficient (Wildman–Crippen LogP) is 9.08. The van der Waals surface area contributed by atoms with E-state index in [4.69, 9.17) is 42.1 Å². The number of aromatic hydroxyl groups is 1. The quantitative estimate of drug-likeness (QED) is 0.0660. The number of unbranched alkanes of at least 4 members (excludes halogenated alkanes) is 3. The number of carbonyl (C=O) groups is 5. The Morgan fingerprint density at radius 1 is 0.647 bits per heavy atom. The highest BCUT2D eigenvalue weighted by Crippen LogP contribution is 2.33. The third-order valence-corrected chi connectivity index (χ3v) is 8.73. The Labute approximate surface area is 314 Å². The van der Waals surface area contributed by atoms with Gasteiger partial charge in [0.05, 0.1) is 52.2 Å². The molecule has 1 rings (SSSR count). The Kier molecular flexibility index (Phi) is 24.2. The van der Waals surface area contributed by atoms with Gasteiger partial charge in [-0.3, -0.25) is 14.4 Å². The van der Waals surface area contributed by atoms with E-state index in [1.807, 2.05) is 62.3 Å². The van der Waals surface area contributed by atoms with E-state index in [0.717, 1.165) is 32.1 Å². The molecule has 51 heavy (non-hydrogen) atoms. The molecule has 0 radical (unpaired) electrons. The van der Waals surface area contributed by atoms with Crippen LogP contribution < -0.4 is 0 Å². The zero-order valence-electron chi connectivity index (χ0n) is 32.4. The second-order valence-corrected chi connectivity index (χ2v) is 14.5. The summed E-state index contributed by atoms with van der Waals surface area (Å²) < 4.78 is 24.8. The highest BCUT2D eigenvalue weighted by atomic mass is 35.5. The van der Waals surface area contributed by atoms with Crippen molar-refractivity contribution in [3.63, 3.8) is 0 Å². The molecule has 0 saturated carbocycles. The summed E-state index contributed by atoms with van der Waals surface area (Å²) >= 11 is 11.6. The minimum absolute atomic E-state index is 0.00486. The number of esters is 5. The lowest BCUT2D eigenvalue weighted by Crippen LogP contribution is -2.27. The maximum absolute atomic E-state index is 11.9. The molecule has 0 fully saturated rings. The SMILES string of the molecule is C=C(C)C(=O)OCCOC(=O)C(C)(C)CC.CCC(C)(C)C(=O)OC.CCC(C)(C)C(=O)OCCCCCCOC(=O)c1cc(Cl)c(O)c(Cl)c1. The molecule has 1 aromatic rings. The second kappa shape index (κ2) is 24.8. The molecule has 0 aliphatic rings. The first kappa shape index (κ1) is 49.8. The molecule has 292 valence electrons. The maximum atomic E-state index is 11.9. The summed E-state index contributed by atoms with van der Waals surface area (Å²) in [5.41, 5.74) is -0.704. The van der Waals surface area contributed by atoms with E-state index < -0.39 is 22.8 Å². The highest BCUT2D eigenvalue weighted by Gasteiger charge is 2.28. The van der Waals surface area contributed by atoms with Crippen LogP contribution in [0, 0.1) is 16.2 Å². The zero-order valence-corrected chi connectivity index (χ0v) is 33.9. The number of methoxy groups -OCH3 is 1. The molecule has 13 heteroatoms. The molecule has 0 unspecified atom stereocenters. The number of phenols is 1. The van der Waals surface area contributed by atoms with Crippen LogP contribution in [-0.4, -0.2) is 68.5 Å². The van der Waals surface area contributed by atoms with Crippen molar-refractivity contribution in [2.24, 2.45) is 16.2 Å². The topological polar surface area (TPSA) is 152 Å². The van der Waals surface area contributed by atoms with Crippen molar-refractivity contribution in [3.05, 3.63) is 39.9 Å². The lowest BCUT2D eigenvalue weighted by molar-refractivity contribution is -0.158. The van der Waals surface area contributed by atoms with Gasteiger partial charge in [0.15, 0.2) is 5.75 Å². The summed E-state index contributed by atoms with van der Waals surface area (Å²) in [6.07, 6.45) is 5.50.